The quantitative estimate of drug-likeness (QED) is 0.626. The van der Waals surface area contributed by atoms with Crippen molar-refractivity contribution in [2.24, 2.45) is 5.41 Å². The van der Waals surface area contributed by atoms with E-state index in [-0.39, 0.29) is 11.5 Å². The summed E-state index contributed by atoms with van der Waals surface area (Å²) in [5, 5.41) is 30.5. The Hall–Kier alpha value is -4.35. The molecular weight excluding hydrogens is 398 g/mol. The first-order valence-corrected chi connectivity index (χ1v) is 10.4. The Morgan fingerprint density at radius 1 is 0.906 bits per heavy atom. The number of benzene rings is 3. The lowest BCUT2D eigenvalue weighted by Gasteiger charge is -2.35. The summed E-state index contributed by atoms with van der Waals surface area (Å²) in [7, 11) is 0. The van der Waals surface area contributed by atoms with Gasteiger partial charge in [-0.05, 0) is 29.3 Å². The number of carbonyl (C=O) groups is 1. The average molecular weight is 417 g/mol. The molecule has 1 fully saturated rings. The van der Waals surface area contributed by atoms with Crippen LogP contribution in [-0.4, -0.2) is 23.0 Å². The summed E-state index contributed by atoms with van der Waals surface area (Å²) in [6, 6.07) is 26.3. The predicted octanol–water partition coefficient (Wildman–Crippen LogP) is 4.68. The molecule has 3 aromatic carbocycles. The van der Waals surface area contributed by atoms with Crippen molar-refractivity contribution >= 4 is 17.5 Å². The highest BCUT2D eigenvalue weighted by molar-refractivity contribution is 6.04. The lowest BCUT2D eigenvalue weighted by atomic mass is 9.69. The molecule has 0 aliphatic carbocycles. The molecule has 5 heteroatoms. The molecule has 1 N–H and O–H groups in total. The number of phenolic OH excluding ortho intramolecular Hbond substituents is 1. The number of ketones is 1. The molecule has 5 nitrogen and oxygen atoms in total. The van der Waals surface area contributed by atoms with Crippen LogP contribution in [-0.2, 0) is 0 Å². The number of fused-ring (bicyclic) bond motifs is 3. The van der Waals surface area contributed by atoms with Gasteiger partial charge in [0.2, 0.25) is 0 Å². The summed E-state index contributed by atoms with van der Waals surface area (Å²) in [4.78, 5) is 15.9. The van der Waals surface area contributed by atoms with E-state index in [1.165, 1.54) is 12.1 Å². The molecule has 2 aliphatic rings. The number of anilines is 1. The van der Waals surface area contributed by atoms with Crippen molar-refractivity contribution in [3.05, 3.63) is 102 Å². The Morgan fingerprint density at radius 3 is 2.25 bits per heavy atom. The predicted molar refractivity (Wildman–Crippen MR) is 121 cm³/mol. The van der Waals surface area contributed by atoms with Crippen molar-refractivity contribution in [2.45, 2.75) is 18.0 Å². The first kappa shape index (κ1) is 19.6. The van der Waals surface area contributed by atoms with Gasteiger partial charge in [0.25, 0.3) is 0 Å². The molecule has 3 aromatic rings. The zero-order valence-electron chi connectivity index (χ0n) is 17.1. The number of carbonyl (C=O) groups excluding carboxylic acids is 1. The van der Waals surface area contributed by atoms with E-state index in [0.29, 0.717) is 11.1 Å². The first-order chi connectivity index (χ1) is 15.6. The Kier molecular flexibility index (Phi) is 4.54. The van der Waals surface area contributed by atoms with Gasteiger partial charge in [-0.2, -0.15) is 10.5 Å². The minimum absolute atomic E-state index is 0.0835. The third-order valence-corrected chi connectivity index (χ3v) is 6.49. The van der Waals surface area contributed by atoms with Gasteiger partial charge in [0.1, 0.15) is 11.8 Å². The van der Waals surface area contributed by atoms with Crippen LogP contribution in [0.2, 0.25) is 0 Å². The van der Waals surface area contributed by atoms with E-state index >= 15 is 0 Å². The van der Waals surface area contributed by atoms with Crippen LogP contribution in [0.15, 0.2) is 84.9 Å². The molecule has 0 bridgehead atoms. The van der Waals surface area contributed by atoms with Gasteiger partial charge in [0.05, 0.1) is 18.2 Å². The minimum Gasteiger partial charge on any atom is -0.508 e. The van der Waals surface area contributed by atoms with E-state index in [2.05, 4.69) is 12.1 Å². The van der Waals surface area contributed by atoms with Crippen LogP contribution < -0.4 is 4.90 Å². The van der Waals surface area contributed by atoms with Gasteiger partial charge < -0.3 is 10.0 Å². The molecule has 3 atom stereocenters. The van der Waals surface area contributed by atoms with Gasteiger partial charge >= 0.3 is 0 Å². The van der Waals surface area contributed by atoms with Gasteiger partial charge in [-0.3, -0.25) is 4.79 Å². The largest absolute Gasteiger partial charge is 0.508 e. The molecule has 1 saturated heterocycles. The summed E-state index contributed by atoms with van der Waals surface area (Å²) in [5.41, 5.74) is 1.46. The number of phenols is 1. The number of aromatic hydroxyl groups is 1. The molecule has 32 heavy (non-hydrogen) atoms. The topological polar surface area (TPSA) is 88.1 Å². The van der Waals surface area contributed by atoms with Crippen molar-refractivity contribution in [3.63, 3.8) is 0 Å². The second kappa shape index (κ2) is 7.41. The number of nitriles is 2. The number of hydrogen-bond donors (Lipinski definition) is 1. The third-order valence-electron chi connectivity index (χ3n) is 6.49. The van der Waals surface area contributed by atoms with Crippen LogP contribution in [0, 0.1) is 28.1 Å². The van der Waals surface area contributed by atoms with Crippen LogP contribution in [0.3, 0.4) is 0 Å². The lowest BCUT2D eigenvalue weighted by Crippen LogP contribution is -2.44. The van der Waals surface area contributed by atoms with Crippen LogP contribution in [0.5, 0.6) is 5.75 Å². The fourth-order valence-electron chi connectivity index (χ4n) is 5.06. The molecule has 0 spiro atoms. The molecule has 0 unspecified atom stereocenters. The van der Waals surface area contributed by atoms with Crippen molar-refractivity contribution < 1.29 is 9.90 Å². The maximum atomic E-state index is 13.9. The molecule has 0 amide bonds. The van der Waals surface area contributed by atoms with Crippen molar-refractivity contribution in [2.75, 3.05) is 4.90 Å². The van der Waals surface area contributed by atoms with Crippen LogP contribution in [0.1, 0.15) is 27.4 Å². The van der Waals surface area contributed by atoms with Gasteiger partial charge in [0, 0.05) is 17.2 Å². The van der Waals surface area contributed by atoms with E-state index < -0.39 is 23.4 Å². The standard InChI is InChI=1S/C27H19N3O2/c28-16-27(17-29)23-15-12-18-6-4-5-9-22(18)30(23)25(26(32)20-7-2-1-3-8-20)24(27)19-10-13-21(31)14-11-19/h1-15,23-25,31H/t23-,24+,25-/m0/s1. The van der Waals surface area contributed by atoms with E-state index in [9.17, 15) is 20.4 Å². The van der Waals surface area contributed by atoms with Gasteiger partial charge in [-0.1, -0.05) is 72.8 Å². The number of rotatable bonds is 3. The summed E-state index contributed by atoms with van der Waals surface area (Å²) in [5.74, 6) is -0.780. The monoisotopic (exact) mass is 417 g/mol. The molecule has 0 radical (unpaired) electrons. The molecule has 154 valence electrons. The highest BCUT2D eigenvalue weighted by atomic mass is 16.3. The van der Waals surface area contributed by atoms with Gasteiger partial charge in [-0.15, -0.1) is 0 Å². The summed E-state index contributed by atoms with van der Waals surface area (Å²) < 4.78 is 0. The second-order valence-corrected chi connectivity index (χ2v) is 8.11. The SMILES string of the molecule is N#CC1(C#N)[C@H](c2ccc(O)cc2)[C@@H](C(=O)c2ccccc2)N2c3ccccc3C=C[C@H]21. The molecule has 2 aliphatic heterocycles. The van der Waals surface area contributed by atoms with Crippen molar-refractivity contribution in [1.29, 1.82) is 10.5 Å². The maximum Gasteiger partial charge on any atom is 0.185 e. The molecule has 5 rings (SSSR count). The Bertz CT molecular complexity index is 1290. The van der Waals surface area contributed by atoms with E-state index in [0.717, 1.165) is 11.3 Å². The highest BCUT2D eigenvalue weighted by Crippen LogP contribution is 2.55. The maximum absolute atomic E-state index is 13.9. The summed E-state index contributed by atoms with van der Waals surface area (Å²) in [6.45, 7) is 0. The molecule has 2 heterocycles. The normalized spacial score (nSPS) is 22.3. The zero-order valence-corrected chi connectivity index (χ0v) is 17.1. The van der Waals surface area contributed by atoms with Gasteiger partial charge in [0.15, 0.2) is 11.2 Å². The highest BCUT2D eigenvalue weighted by Gasteiger charge is 2.63. The molecule has 0 saturated carbocycles. The second-order valence-electron chi connectivity index (χ2n) is 8.11. The van der Waals surface area contributed by atoms with Crippen molar-refractivity contribution in [1.82, 2.24) is 0 Å². The van der Waals surface area contributed by atoms with Crippen LogP contribution in [0.25, 0.3) is 6.08 Å². The van der Waals surface area contributed by atoms with E-state index in [1.54, 1.807) is 36.4 Å². The number of hydrogen-bond acceptors (Lipinski definition) is 5. The Labute approximate surface area is 186 Å². The van der Waals surface area contributed by atoms with Crippen molar-refractivity contribution in [3.8, 4) is 17.9 Å². The Morgan fingerprint density at radius 2 is 1.56 bits per heavy atom. The number of Topliss-reactive ketones (excluding diaryl/α,β-unsaturated/α-hetero) is 1. The van der Waals surface area contributed by atoms with Crippen LogP contribution >= 0.6 is 0 Å². The fraction of sp³-hybridized carbons (Fsp3) is 0.148. The van der Waals surface area contributed by atoms with E-state index in [4.69, 9.17) is 0 Å². The third kappa shape index (κ3) is 2.72. The number of para-hydroxylation sites is 1. The summed E-state index contributed by atoms with van der Waals surface area (Å²) >= 11 is 0. The Balaban J connectivity index is 1.79. The fourth-order valence-corrected chi connectivity index (χ4v) is 5.06. The lowest BCUT2D eigenvalue weighted by molar-refractivity contribution is 0.0951. The van der Waals surface area contributed by atoms with Gasteiger partial charge in [-0.25, -0.2) is 0 Å². The zero-order chi connectivity index (χ0) is 22.3. The first-order valence-electron chi connectivity index (χ1n) is 10.4. The number of nitrogens with zero attached hydrogens (tertiary/aromatic N) is 3. The van der Waals surface area contributed by atoms with E-state index in [1.807, 2.05) is 47.4 Å². The molecular formula is C27H19N3O2. The summed E-state index contributed by atoms with van der Waals surface area (Å²) in [6.07, 6.45) is 3.78. The minimum atomic E-state index is -1.49. The average Bonchev–Trinajstić information content (AvgIpc) is 3.15. The van der Waals surface area contributed by atoms with Crippen LogP contribution in [0.4, 0.5) is 5.69 Å². The molecule has 0 aromatic heterocycles. The smallest absolute Gasteiger partial charge is 0.185 e.